The molecule has 3 heteroatoms. The van der Waals surface area contributed by atoms with E-state index in [1.54, 1.807) is 0 Å². The summed E-state index contributed by atoms with van der Waals surface area (Å²) in [6.07, 6.45) is 3.05. The highest BCUT2D eigenvalue weighted by Gasteiger charge is 2.02. The Hall–Kier alpha value is -0.670. The molecule has 0 aliphatic rings. The van der Waals surface area contributed by atoms with Crippen LogP contribution in [0.5, 0.6) is 5.75 Å². The molecule has 1 rings (SSSR count). The van der Waals surface area contributed by atoms with E-state index in [-0.39, 0.29) is 6.04 Å². The molecule has 0 aromatic heterocycles. The minimum atomic E-state index is 0.251. The van der Waals surface area contributed by atoms with Gasteiger partial charge in [0.25, 0.3) is 0 Å². The molecule has 0 amide bonds. The van der Waals surface area contributed by atoms with E-state index in [1.807, 2.05) is 23.9 Å². The van der Waals surface area contributed by atoms with Crippen LogP contribution in [0.25, 0.3) is 0 Å². The molecule has 2 nitrogen and oxygen atoms in total. The van der Waals surface area contributed by atoms with Crippen molar-refractivity contribution >= 4 is 11.8 Å². The van der Waals surface area contributed by atoms with Crippen LogP contribution in [0, 0.1) is 0 Å². The smallest absolute Gasteiger partial charge is 0.119 e. The van der Waals surface area contributed by atoms with Gasteiger partial charge in [0.15, 0.2) is 0 Å². The van der Waals surface area contributed by atoms with Crippen molar-refractivity contribution < 1.29 is 4.74 Å². The minimum absolute atomic E-state index is 0.251. The van der Waals surface area contributed by atoms with Crippen molar-refractivity contribution in [1.29, 1.82) is 0 Å². The number of hydrogen-bond donors (Lipinski definition) is 1. The van der Waals surface area contributed by atoms with E-state index >= 15 is 0 Å². The molecule has 0 aliphatic heterocycles. The Kier molecular flexibility index (Phi) is 7.94. The SMILES string of the molecule is CCSCCCOc1cccc(CC(N)CC)c1. The second-order valence-electron chi connectivity index (χ2n) is 4.42. The Balaban J connectivity index is 2.35. The van der Waals surface area contributed by atoms with E-state index in [0.29, 0.717) is 0 Å². The van der Waals surface area contributed by atoms with Gasteiger partial charge in [-0.05, 0) is 48.5 Å². The van der Waals surface area contributed by atoms with E-state index < -0.39 is 0 Å². The molecule has 0 radical (unpaired) electrons. The summed E-state index contributed by atoms with van der Waals surface area (Å²) >= 11 is 1.96. The molecule has 0 heterocycles. The van der Waals surface area contributed by atoms with Crippen LogP contribution in [0.15, 0.2) is 24.3 Å². The third-order valence-electron chi connectivity index (χ3n) is 2.83. The van der Waals surface area contributed by atoms with E-state index in [1.165, 1.54) is 17.1 Å². The van der Waals surface area contributed by atoms with Crippen LogP contribution in [-0.4, -0.2) is 24.2 Å². The van der Waals surface area contributed by atoms with E-state index in [0.717, 1.165) is 31.6 Å². The summed E-state index contributed by atoms with van der Waals surface area (Å²) < 4.78 is 5.75. The molecule has 1 aromatic carbocycles. The van der Waals surface area contributed by atoms with Crippen molar-refractivity contribution in [2.75, 3.05) is 18.1 Å². The summed E-state index contributed by atoms with van der Waals surface area (Å²) in [5.41, 5.74) is 7.23. The molecule has 2 N–H and O–H groups in total. The average molecular weight is 267 g/mol. The average Bonchev–Trinajstić information content (AvgIpc) is 2.39. The molecule has 0 spiro atoms. The third-order valence-corrected chi connectivity index (χ3v) is 3.81. The molecule has 102 valence electrons. The molecule has 0 aliphatic carbocycles. The predicted octanol–water partition coefficient (Wildman–Crippen LogP) is 3.49. The fraction of sp³-hybridized carbons (Fsp3) is 0.600. The lowest BCUT2D eigenvalue weighted by atomic mass is 10.0. The van der Waals surface area contributed by atoms with Gasteiger partial charge in [-0.2, -0.15) is 11.8 Å². The lowest BCUT2D eigenvalue weighted by Crippen LogP contribution is -2.21. The van der Waals surface area contributed by atoms with E-state index in [9.17, 15) is 0 Å². The number of nitrogens with two attached hydrogens (primary N) is 1. The number of rotatable bonds is 9. The maximum atomic E-state index is 5.97. The van der Waals surface area contributed by atoms with Crippen LogP contribution < -0.4 is 10.5 Å². The quantitative estimate of drug-likeness (QED) is 0.696. The van der Waals surface area contributed by atoms with Gasteiger partial charge in [0, 0.05) is 6.04 Å². The van der Waals surface area contributed by atoms with E-state index in [2.05, 4.69) is 26.0 Å². The Morgan fingerprint density at radius 2 is 2.17 bits per heavy atom. The lowest BCUT2D eigenvalue weighted by molar-refractivity contribution is 0.318. The first-order chi connectivity index (χ1) is 8.76. The van der Waals surface area contributed by atoms with E-state index in [4.69, 9.17) is 10.5 Å². The van der Waals surface area contributed by atoms with Gasteiger partial charge in [-0.25, -0.2) is 0 Å². The normalized spacial score (nSPS) is 12.4. The van der Waals surface area contributed by atoms with Gasteiger partial charge >= 0.3 is 0 Å². The molecule has 0 saturated heterocycles. The zero-order valence-electron chi connectivity index (χ0n) is 11.5. The minimum Gasteiger partial charge on any atom is -0.494 e. The van der Waals surface area contributed by atoms with Crippen LogP contribution >= 0.6 is 11.8 Å². The highest BCUT2D eigenvalue weighted by Crippen LogP contribution is 2.15. The highest BCUT2D eigenvalue weighted by molar-refractivity contribution is 7.99. The van der Waals surface area contributed by atoms with Crippen molar-refractivity contribution in [3.63, 3.8) is 0 Å². The van der Waals surface area contributed by atoms with Gasteiger partial charge in [0.2, 0.25) is 0 Å². The summed E-state index contributed by atoms with van der Waals surface area (Å²) in [5, 5.41) is 0. The summed E-state index contributed by atoms with van der Waals surface area (Å²) in [7, 11) is 0. The van der Waals surface area contributed by atoms with Crippen molar-refractivity contribution in [1.82, 2.24) is 0 Å². The highest BCUT2D eigenvalue weighted by atomic mass is 32.2. The first-order valence-electron chi connectivity index (χ1n) is 6.81. The third kappa shape index (κ3) is 6.31. The molecule has 18 heavy (non-hydrogen) atoms. The molecule has 1 aromatic rings. The van der Waals surface area contributed by atoms with Gasteiger partial charge in [0.1, 0.15) is 5.75 Å². The zero-order chi connectivity index (χ0) is 13.2. The largest absolute Gasteiger partial charge is 0.494 e. The molecule has 0 fully saturated rings. The Morgan fingerprint density at radius 1 is 1.33 bits per heavy atom. The number of hydrogen-bond acceptors (Lipinski definition) is 3. The monoisotopic (exact) mass is 267 g/mol. The molecular weight excluding hydrogens is 242 g/mol. The molecule has 1 atom stereocenters. The molecule has 1 unspecified atom stereocenters. The summed E-state index contributed by atoms with van der Waals surface area (Å²) in [6.45, 7) is 5.11. The van der Waals surface area contributed by atoms with Crippen molar-refractivity contribution in [3.05, 3.63) is 29.8 Å². The molecule has 0 bridgehead atoms. The first kappa shape index (κ1) is 15.4. The number of thioether (sulfide) groups is 1. The van der Waals surface area contributed by atoms with Crippen LogP contribution in [0.4, 0.5) is 0 Å². The van der Waals surface area contributed by atoms with Gasteiger partial charge in [-0.1, -0.05) is 26.0 Å². The van der Waals surface area contributed by atoms with Gasteiger partial charge < -0.3 is 10.5 Å². The van der Waals surface area contributed by atoms with Gasteiger partial charge in [-0.3, -0.25) is 0 Å². The maximum absolute atomic E-state index is 5.97. The molecular formula is C15H25NOS. The summed E-state index contributed by atoms with van der Waals surface area (Å²) in [6, 6.07) is 8.56. The second-order valence-corrected chi connectivity index (χ2v) is 5.81. The van der Waals surface area contributed by atoms with Crippen LogP contribution in [-0.2, 0) is 6.42 Å². The topological polar surface area (TPSA) is 35.2 Å². The van der Waals surface area contributed by atoms with Crippen molar-refractivity contribution in [3.8, 4) is 5.75 Å². The Bertz CT molecular complexity index is 330. The first-order valence-corrected chi connectivity index (χ1v) is 7.96. The van der Waals surface area contributed by atoms with Crippen LogP contribution in [0.3, 0.4) is 0 Å². The lowest BCUT2D eigenvalue weighted by Gasteiger charge is -2.11. The standard InChI is InChI=1S/C15H25NOS/c1-3-14(16)11-13-7-5-8-15(12-13)17-9-6-10-18-4-2/h5,7-8,12,14H,3-4,6,9-11,16H2,1-2H3. The summed E-state index contributed by atoms with van der Waals surface area (Å²) in [4.78, 5) is 0. The van der Waals surface area contributed by atoms with Crippen molar-refractivity contribution in [2.45, 2.75) is 39.2 Å². The fourth-order valence-electron chi connectivity index (χ4n) is 1.70. The number of benzene rings is 1. The second kappa shape index (κ2) is 9.29. The number of ether oxygens (including phenoxy) is 1. The maximum Gasteiger partial charge on any atom is 0.119 e. The molecule has 0 saturated carbocycles. The van der Waals surface area contributed by atoms with Crippen LogP contribution in [0.1, 0.15) is 32.3 Å². The Labute approximate surface area is 115 Å². The van der Waals surface area contributed by atoms with Crippen molar-refractivity contribution in [2.24, 2.45) is 5.73 Å². The van der Waals surface area contributed by atoms with Gasteiger partial charge in [-0.15, -0.1) is 0 Å². The zero-order valence-corrected chi connectivity index (χ0v) is 12.3. The fourth-order valence-corrected chi connectivity index (χ4v) is 2.32. The Morgan fingerprint density at radius 3 is 2.89 bits per heavy atom. The predicted molar refractivity (Wildman–Crippen MR) is 81.5 cm³/mol. The summed E-state index contributed by atoms with van der Waals surface area (Å²) in [5.74, 6) is 3.33. The van der Waals surface area contributed by atoms with Crippen LogP contribution in [0.2, 0.25) is 0 Å². The van der Waals surface area contributed by atoms with Gasteiger partial charge in [0.05, 0.1) is 6.61 Å².